The van der Waals surface area contributed by atoms with Crippen molar-refractivity contribution in [3.8, 4) is 0 Å². The van der Waals surface area contributed by atoms with Crippen molar-refractivity contribution in [2.45, 2.75) is 52.1 Å². The van der Waals surface area contributed by atoms with E-state index in [0.717, 1.165) is 31.4 Å². The van der Waals surface area contributed by atoms with E-state index in [1.54, 1.807) is 9.58 Å². The number of nitrogens with one attached hydrogen (secondary N) is 1. The molecule has 0 aromatic carbocycles. The number of anilines is 1. The summed E-state index contributed by atoms with van der Waals surface area (Å²) in [5, 5.41) is 7.44. The smallest absolute Gasteiger partial charge is 0.274 e. The predicted octanol–water partition coefficient (Wildman–Crippen LogP) is 1.41. The van der Waals surface area contributed by atoms with E-state index >= 15 is 0 Å². The first-order chi connectivity index (χ1) is 9.67. The van der Waals surface area contributed by atoms with Gasteiger partial charge in [-0.05, 0) is 26.2 Å². The van der Waals surface area contributed by atoms with Gasteiger partial charge in [-0.1, -0.05) is 13.3 Å². The average molecular weight is 276 g/mol. The Balaban J connectivity index is 2.12. The van der Waals surface area contributed by atoms with Gasteiger partial charge >= 0.3 is 0 Å². The van der Waals surface area contributed by atoms with Gasteiger partial charge in [-0.2, -0.15) is 5.10 Å². The fraction of sp³-hybridized carbons (Fsp3) is 0.643. The number of carbonyl (C=O) groups is 2. The Labute approximate surface area is 118 Å². The number of carbonyl (C=O) groups excluding carboxylic acids is 2. The van der Waals surface area contributed by atoms with E-state index in [1.807, 2.05) is 6.92 Å². The molecule has 1 atom stereocenters. The van der Waals surface area contributed by atoms with Crippen molar-refractivity contribution in [3.05, 3.63) is 11.4 Å². The van der Waals surface area contributed by atoms with Crippen LogP contribution in [-0.2, 0) is 17.8 Å². The maximum absolute atomic E-state index is 12.7. The van der Waals surface area contributed by atoms with Crippen LogP contribution in [0.25, 0.3) is 0 Å². The molecule has 1 N–H and O–H groups in total. The standard InChI is InChI=1S/C14H20N4O2/c1-3-6-9-11-12(18(4-2)16-9)14(20)17-8-5-7-10(17)13(19)15-11/h10H,3-8H2,1-2H3,(H,15,19). The number of fused-ring (bicyclic) bond motifs is 2. The van der Waals surface area contributed by atoms with E-state index in [9.17, 15) is 9.59 Å². The van der Waals surface area contributed by atoms with Crippen LogP contribution in [-0.4, -0.2) is 39.1 Å². The number of nitrogens with zero attached hydrogens (tertiary/aromatic N) is 3. The van der Waals surface area contributed by atoms with E-state index in [1.165, 1.54) is 0 Å². The van der Waals surface area contributed by atoms with Gasteiger partial charge in [0.15, 0.2) is 0 Å². The number of hydrogen-bond donors (Lipinski definition) is 1. The van der Waals surface area contributed by atoms with E-state index < -0.39 is 0 Å². The molecule has 0 aliphatic carbocycles. The Morgan fingerprint density at radius 2 is 2.15 bits per heavy atom. The van der Waals surface area contributed by atoms with Crippen LogP contribution in [0.5, 0.6) is 0 Å². The molecule has 2 aliphatic heterocycles. The molecule has 3 heterocycles. The molecule has 6 heteroatoms. The van der Waals surface area contributed by atoms with Crippen molar-refractivity contribution in [1.82, 2.24) is 14.7 Å². The molecule has 0 bridgehead atoms. The first-order valence-corrected chi connectivity index (χ1v) is 7.38. The van der Waals surface area contributed by atoms with Crippen LogP contribution in [0.1, 0.15) is 49.3 Å². The monoisotopic (exact) mass is 276 g/mol. The van der Waals surface area contributed by atoms with Crippen molar-refractivity contribution >= 4 is 17.5 Å². The van der Waals surface area contributed by atoms with Crippen molar-refractivity contribution in [3.63, 3.8) is 0 Å². The maximum Gasteiger partial charge on any atom is 0.274 e. The second kappa shape index (κ2) is 4.92. The Hall–Kier alpha value is -1.85. The minimum atomic E-state index is -0.310. The van der Waals surface area contributed by atoms with Crippen LogP contribution < -0.4 is 5.32 Å². The highest BCUT2D eigenvalue weighted by Crippen LogP contribution is 2.31. The number of aromatic nitrogens is 2. The Kier molecular flexibility index (Phi) is 3.23. The fourth-order valence-corrected chi connectivity index (χ4v) is 3.13. The Morgan fingerprint density at radius 1 is 1.35 bits per heavy atom. The summed E-state index contributed by atoms with van der Waals surface area (Å²) in [4.78, 5) is 26.7. The minimum absolute atomic E-state index is 0.0578. The van der Waals surface area contributed by atoms with Gasteiger partial charge in [0.1, 0.15) is 11.7 Å². The maximum atomic E-state index is 12.7. The molecule has 20 heavy (non-hydrogen) atoms. The topological polar surface area (TPSA) is 67.2 Å². The summed E-state index contributed by atoms with van der Waals surface area (Å²) in [5.74, 6) is -0.125. The van der Waals surface area contributed by atoms with Crippen LogP contribution >= 0.6 is 0 Å². The molecule has 1 aromatic heterocycles. The number of rotatable bonds is 3. The summed E-state index contributed by atoms with van der Waals surface area (Å²) in [5.41, 5.74) is 2.01. The van der Waals surface area contributed by atoms with Crippen molar-refractivity contribution < 1.29 is 9.59 Å². The molecule has 1 fully saturated rings. The SMILES string of the molecule is CCCc1nn(CC)c2c1NC(=O)C1CCCN1C2=O. The van der Waals surface area contributed by atoms with E-state index in [2.05, 4.69) is 17.3 Å². The zero-order valence-corrected chi connectivity index (χ0v) is 12.0. The van der Waals surface area contributed by atoms with Gasteiger partial charge in [-0.3, -0.25) is 14.3 Å². The largest absolute Gasteiger partial charge is 0.325 e. The van der Waals surface area contributed by atoms with Gasteiger partial charge in [0.05, 0.1) is 11.4 Å². The lowest BCUT2D eigenvalue weighted by molar-refractivity contribution is -0.119. The fourth-order valence-electron chi connectivity index (χ4n) is 3.13. The summed E-state index contributed by atoms with van der Waals surface area (Å²) in [6.07, 6.45) is 3.35. The van der Waals surface area contributed by atoms with Crippen molar-refractivity contribution in [1.29, 1.82) is 0 Å². The lowest BCUT2D eigenvalue weighted by atomic mass is 10.2. The molecular formula is C14H20N4O2. The molecular weight excluding hydrogens is 256 g/mol. The summed E-state index contributed by atoms with van der Waals surface area (Å²) >= 11 is 0. The molecule has 0 radical (unpaired) electrons. The highest BCUT2D eigenvalue weighted by atomic mass is 16.2. The molecule has 108 valence electrons. The first kappa shape index (κ1) is 13.1. The lowest BCUT2D eigenvalue weighted by Crippen LogP contribution is -2.41. The number of hydrogen-bond acceptors (Lipinski definition) is 3. The summed E-state index contributed by atoms with van der Waals surface area (Å²) in [6.45, 7) is 5.32. The third-order valence-corrected chi connectivity index (χ3v) is 4.08. The van der Waals surface area contributed by atoms with Crippen molar-refractivity contribution in [2.75, 3.05) is 11.9 Å². The summed E-state index contributed by atoms with van der Waals surface area (Å²) in [7, 11) is 0. The molecule has 1 unspecified atom stereocenters. The second-order valence-electron chi connectivity index (χ2n) is 5.38. The van der Waals surface area contributed by atoms with Crippen LogP contribution in [0, 0.1) is 0 Å². The predicted molar refractivity (Wildman–Crippen MR) is 74.6 cm³/mol. The summed E-state index contributed by atoms with van der Waals surface area (Å²) < 4.78 is 1.73. The van der Waals surface area contributed by atoms with Gasteiger partial charge < -0.3 is 10.2 Å². The Bertz CT molecular complexity index is 564. The number of aryl methyl sites for hydroxylation is 2. The van der Waals surface area contributed by atoms with Gasteiger partial charge in [-0.25, -0.2) is 0 Å². The third-order valence-electron chi connectivity index (χ3n) is 4.08. The van der Waals surface area contributed by atoms with Crippen LogP contribution in [0.4, 0.5) is 5.69 Å². The van der Waals surface area contributed by atoms with E-state index in [0.29, 0.717) is 24.5 Å². The second-order valence-corrected chi connectivity index (χ2v) is 5.38. The lowest BCUT2D eigenvalue weighted by Gasteiger charge is -2.20. The van der Waals surface area contributed by atoms with Gasteiger partial charge in [0.25, 0.3) is 5.91 Å². The molecule has 3 rings (SSSR count). The van der Waals surface area contributed by atoms with Gasteiger partial charge in [0.2, 0.25) is 5.91 Å². The molecule has 0 saturated carbocycles. The molecule has 0 spiro atoms. The van der Waals surface area contributed by atoms with Gasteiger partial charge in [0, 0.05) is 13.1 Å². The summed E-state index contributed by atoms with van der Waals surface area (Å²) in [6, 6.07) is -0.310. The van der Waals surface area contributed by atoms with Gasteiger partial charge in [-0.15, -0.1) is 0 Å². The quantitative estimate of drug-likeness (QED) is 0.907. The van der Waals surface area contributed by atoms with Crippen LogP contribution in [0.15, 0.2) is 0 Å². The number of amides is 2. The van der Waals surface area contributed by atoms with Crippen LogP contribution in [0.3, 0.4) is 0 Å². The first-order valence-electron chi connectivity index (χ1n) is 7.38. The van der Waals surface area contributed by atoms with E-state index in [4.69, 9.17) is 0 Å². The highest BCUT2D eigenvalue weighted by molar-refractivity contribution is 6.09. The van der Waals surface area contributed by atoms with Crippen LogP contribution in [0.2, 0.25) is 0 Å². The molecule has 6 nitrogen and oxygen atoms in total. The Morgan fingerprint density at radius 3 is 2.85 bits per heavy atom. The van der Waals surface area contributed by atoms with E-state index in [-0.39, 0.29) is 17.9 Å². The molecule has 2 amide bonds. The van der Waals surface area contributed by atoms with Crippen molar-refractivity contribution in [2.24, 2.45) is 0 Å². The zero-order valence-electron chi connectivity index (χ0n) is 12.0. The molecule has 1 aromatic rings. The minimum Gasteiger partial charge on any atom is -0.325 e. The molecule has 2 aliphatic rings. The zero-order chi connectivity index (χ0) is 14.3. The molecule has 1 saturated heterocycles. The normalized spacial score (nSPS) is 21.5. The highest BCUT2D eigenvalue weighted by Gasteiger charge is 2.41. The third kappa shape index (κ3) is 1.82. The average Bonchev–Trinajstić information content (AvgIpc) is 3.01.